The van der Waals surface area contributed by atoms with Gasteiger partial charge in [0.25, 0.3) is 0 Å². The summed E-state index contributed by atoms with van der Waals surface area (Å²) in [6.45, 7) is 3.98. The lowest BCUT2D eigenvalue weighted by Crippen LogP contribution is -2.30. The molecule has 3 N–H and O–H groups in total. The first kappa shape index (κ1) is 15.7. The van der Waals surface area contributed by atoms with Gasteiger partial charge in [0.2, 0.25) is 0 Å². The van der Waals surface area contributed by atoms with Crippen molar-refractivity contribution < 1.29 is 4.74 Å². The van der Waals surface area contributed by atoms with Crippen LogP contribution in [0.2, 0.25) is 5.15 Å². The van der Waals surface area contributed by atoms with E-state index in [-0.39, 0.29) is 6.04 Å². The average Bonchev–Trinajstić information content (AvgIpc) is 2.48. The number of aryl methyl sites for hydroxylation is 1. The summed E-state index contributed by atoms with van der Waals surface area (Å²) in [4.78, 5) is 8.58. The monoisotopic (exact) mass is 306 g/mol. The van der Waals surface area contributed by atoms with E-state index < -0.39 is 0 Å². The third kappa shape index (κ3) is 3.50. The van der Waals surface area contributed by atoms with E-state index in [1.54, 1.807) is 19.4 Å². The minimum atomic E-state index is -0.0895. The predicted octanol–water partition coefficient (Wildman–Crippen LogP) is 2.50. The van der Waals surface area contributed by atoms with E-state index in [0.29, 0.717) is 11.6 Å². The van der Waals surface area contributed by atoms with Crippen molar-refractivity contribution in [2.45, 2.75) is 26.3 Å². The lowest BCUT2D eigenvalue weighted by Gasteiger charge is -2.18. The molecule has 2 aromatic heterocycles. The van der Waals surface area contributed by atoms with Crippen molar-refractivity contribution in [1.29, 1.82) is 0 Å². The SMILES string of the molecule is COc1c(C)cnc(CC(NN)c2ccc(Cl)nc2)c1C. The molecule has 0 bridgehead atoms. The summed E-state index contributed by atoms with van der Waals surface area (Å²) < 4.78 is 5.43. The highest BCUT2D eigenvalue weighted by molar-refractivity contribution is 6.29. The highest BCUT2D eigenvalue weighted by Gasteiger charge is 2.16. The Kier molecular flexibility index (Phi) is 5.12. The van der Waals surface area contributed by atoms with Gasteiger partial charge in [0, 0.05) is 35.6 Å². The van der Waals surface area contributed by atoms with E-state index in [0.717, 1.165) is 28.1 Å². The van der Waals surface area contributed by atoms with Crippen molar-refractivity contribution in [3.8, 4) is 5.75 Å². The van der Waals surface area contributed by atoms with Crippen LogP contribution in [0.3, 0.4) is 0 Å². The number of halogens is 1. The Morgan fingerprint density at radius 3 is 2.62 bits per heavy atom. The molecule has 0 aliphatic heterocycles. The third-order valence-corrected chi connectivity index (χ3v) is 3.72. The zero-order valence-corrected chi connectivity index (χ0v) is 13.1. The zero-order valence-electron chi connectivity index (χ0n) is 12.4. The van der Waals surface area contributed by atoms with Crippen LogP contribution in [0.1, 0.15) is 28.4 Å². The number of nitrogens with two attached hydrogens (primary N) is 1. The number of methoxy groups -OCH3 is 1. The molecular formula is C15H19ClN4O. The number of hydrogen-bond acceptors (Lipinski definition) is 5. The van der Waals surface area contributed by atoms with Crippen molar-refractivity contribution in [1.82, 2.24) is 15.4 Å². The summed E-state index contributed by atoms with van der Waals surface area (Å²) in [5.74, 6) is 6.54. The first-order chi connectivity index (χ1) is 10.1. The van der Waals surface area contributed by atoms with Crippen molar-refractivity contribution in [3.05, 3.63) is 52.1 Å². The van der Waals surface area contributed by atoms with Crippen LogP contribution in [0.15, 0.2) is 24.5 Å². The Morgan fingerprint density at radius 2 is 2.05 bits per heavy atom. The molecule has 21 heavy (non-hydrogen) atoms. The Bertz CT molecular complexity index is 616. The Hall–Kier alpha value is -1.69. The van der Waals surface area contributed by atoms with E-state index >= 15 is 0 Å². The van der Waals surface area contributed by atoms with Gasteiger partial charge in [0.1, 0.15) is 10.9 Å². The summed E-state index contributed by atoms with van der Waals surface area (Å²) in [5, 5.41) is 0.459. The standard InChI is InChI=1S/C15H19ClN4O/c1-9-7-18-12(10(2)15(9)21-3)6-13(20-17)11-4-5-14(16)19-8-11/h4-5,7-8,13,20H,6,17H2,1-3H3. The number of nitrogens with one attached hydrogen (secondary N) is 1. The van der Waals surface area contributed by atoms with Gasteiger partial charge in [0.15, 0.2) is 0 Å². The molecule has 0 amide bonds. The van der Waals surface area contributed by atoms with Crippen LogP contribution in [0, 0.1) is 13.8 Å². The van der Waals surface area contributed by atoms with Gasteiger partial charge in [-0.1, -0.05) is 17.7 Å². The van der Waals surface area contributed by atoms with Crippen LogP contribution in [0.5, 0.6) is 5.75 Å². The number of nitrogens with zero attached hydrogens (tertiary/aromatic N) is 2. The summed E-state index contributed by atoms with van der Waals surface area (Å²) in [7, 11) is 1.67. The molecule has 0 aromatic carbocycles. The maximum absolute atomic E-state index is 5.81. The molecule has 0 saturated carbocycles. The molecule has 0 spiro atoms. The number of aromatic nitrogens is 2. The molecule has 2 aromatic rings. The summed E-state index contributed by atoms with van der Waals surface area (Å²) >= 11 is 5.81. The maximum atomic E-state index is 5.81. The minimum absolute atomic E-state index is 0.0895. The number of hydrogen-bond donors (Lipinski definition) is 2. The van der Waals surface area contributed by atoms with Crippen LogP contribution >= 0.6 is 11.6 Å². The first-order valence-corrected chi connectivity index (χ1v) is 7.01. The van der Waals surface area contributed by atoms with Gasteiger partial charge in [-0.05, 0) is 25.5 Å². The fraction of sp³-hybridized carbons (Fsp3) is 0.333. The quantitative estimate of drug-likeness (QED) is 0.504. The van der Waals surface area contributed by atoms with Crippen LogP contribution in [-0.2, 0) is 6.42 Å². The van der Waals surface area contributed by atoms with Crippen molar-refractivity contribution in [2.24, 2.45) is 5.84 Å². The van der Waals surface area contributed by atoms with Gasteiger partial charge in [-0.25, -0.2) is 4.98 Å². The summed E-state index contributed by atoms with van der Waals surface area (Å²) in [5.41, 5.74) is 6.75. The first-order valence-electron chi connectivity index (χ1n) is 6.63. The normalized spacial score (nSPS) is 12.2. The van der Waals surface area contributed by atoms with Crippen LogP contribution in [-0.4, -0.2) is 17.1 Å². The van der Waals surface area contributed by atoms with Crippen molar-refractivity contribution in [3.63, 3.8) is 0 Å². The maximum Gasteiger partial charge on any atom is 0.129 e. The Morgan fingerprint density at radius 1 is 1.29 bits per heavy atom. The molecule has 0 saturated heterocycles. The summed E-state index contributed by atoms with van der Waals surface area (Å²) in [6, 6.07) is 3.56. The van der Waals surface area contributed by atoms with Crippen molar-refractivity contribution in [2.75, 3.05) is 7.11 Å². The summed E-state index contributed by atoms with van der Waals surface area (Å²) in [6.07, 6.45) is 4.17. The third-order valence-electron chi connectivity index (χ3n) is 3.50. The number of ether oxygens (including phenoxy) is 1. The fourth-order valence-corrected chi connectivity index (χ4v) is 2.45. The van der Waals surface area contributed by atoms with Gasteiger partial charge in [-0.15, -0.1) is 0 Å². The molecule has 0 fully saturated rings. The molecule has 6 heteroatoms. The molecule has 1 unspecified atom stereocenters. The van der Waals surface area contributed by atoms with Crippen LogP contribution < -0.4 is 16.0 Å². The molecule has 2 heterocycles. The van der Waals surface area contributed by atoms with E-state index in [9.17, 15) is 0 Å². The molecule has 0 aliphatic rings. The van der Waals surface area contributed by atoms with E-state index in [1.807, 2.05) is 26.1 Å². The number of rotatable bonds is 5. The minimum Gasteiger partial charge on any atom is -0.496 e. The van der Waals surface area contributed by atoms with Gasteiger partial charge >= 0.3 is 0 Å². The Balaban J connectivity index is 2.29. The Labute approximate surface area is 129 Å². The van der Waals surface area contributed by atoms with E-state index in [4.69, 9.17) is 22.2 Å². The lowest BCUT2D eigenvalue weighted by atomic mass is 10.0. The lowest BCUT2D eigenvalue weighted by molar-refractivity contribution is 0.406. The van der Waals surface area contributed by atoms with Gasteiger partial charge < -0.3 is 4.74 Å². The highest BCUT2D eigenvalue weighted by atomic mass is 35.5. The topological polar surface area (TPSA) is 73.1 Å². The second kappa shape index (κ2) is 6.85. The number of hydrazine groups is 1. The largest absolute Gasteiger partial charge is 0.496 e. The molecule has 5 nitrogen and oxygen atoms in total. The number of pyridine rings is 2. The van der Waals surface area contributed by atoms with Crippen LogP contribution in [0.25, 0.3) is 0 Å². The van der Waals surface area contributed by atoms with E-state index in [1.165, 1.54) is 0 Å². The van der Waals surface area contributed by atoms with Gasteiger partial charge in [-0.3, -0.25) is 16.3 Å². The van der Waals surface area contributed by atoms with E-state index in [2.05, 4.69) is 15.4 Å². The molecule has 0 aliphatic carbocycles. The molecular weight excluding hydrogens is 288 g/mol. The molecule has 1 atom stereocenters. The molecule has 0 radical (unpaired) electrons. The van der Waals surface area contributed by atoms with Crippen molar-refractivity contribution >= 4 is 11.6 Å². The molecule has 112 valence electrons. The average molecular weight is 307 g/mol. The fourth-order valence-electron chi connectivity index (χ4n) is 2.34. The second-order valence-electron chi connectivity index (χ2n) is 4.88. The highest BCUT2D eigenvalue weighted by Crippen LogP contribution is 2.27. The van der Waals surface area contributed by atoms with Crippen LogP contribution in [0.4, 0.5) is 0 Å². The molecule has 2 rings (SSSR count). The van der Waals surface area contributed by atoms with Gasteiger partial charge in [-0.2, -0.15) is 0 Å². The predicted molar refractivity (Wildman–Crippen MR) is 83.3 cm³/mol. The smallest absolute Gasteiger partial charge is 0.129 e. The zero-order chi connectivity index (χ0) is 15.4. The van der Waals surface area contributed by atoms with Gasteiger partial charge in [0.05, 0.1) is 13.2 Å². The second-order valence-corrected chi connectivity index (χ2v) is 5.27.